The van der Waals surface area contributed by atoms with Crippen LogP contribution in [0.25, 0.3) is 5.65 Å². The molecule has 0 aromatic carbocycles. The topological polar surface area (TPSA) is 72.9 Å². The summed E-state index contributed by atoms with van der Waals surface area (Å²) in [5, 5.41) is 15.2. The lowest BCUT2D eigenvalue weighted by Gasteiger charge is -2.00. The highest BCUT2D eigenvalue weighted by Crippen LogP contribution is 2.07. The molecule has 0 aliphatic carbocycles. The number of hydrogen-bond donors (Lipinski definition) is 1. The predicted molar refractivity (Wildman–Crippen MR) is 66.2 cm³/mol. The summed E-state index contributed by atoms with van der Waals surface area (Å²) in [4.78, 5) is 4.39. The zero-order valence-corrected chi connectivity index (χ0v) is 9.98. The third-order valence-corrected chi connectivity index (χ3v) is 2.64. The fourth-order valence-electron chi connectivity index (χ4n) is 1.74. The maximum Gasteiger partial charge on any atom is 0.243 e. The molecule has 3 aromatic rings. The fourth-order valence-corrected chi connectivity index (χ4v) is 1.74. The van der Waals surface area contributed by atoms with Gasteiger partial charge < -0.3 is 5.32 Å². The van der Waals surface area contributed by atoms with E-state index in [0.29, 0.717) is 12.5 Å². The fraction of sp³-hybridized carbons (Fsp3) is 0.273. The quantitative estimate of drug-likeness (QED) is 0.731. The number of hydrogen-bond acceptors (Lipinski definition) is 5. The van der Waals surface area contributed by atoms with E-state index in [1.54, 1.807) is 10.9 Å². The number of aryl methyl sites for hydroxylation is 1. The maximum absolute atomic E-state index is 4.39. The average Bonchev–Trinajstić information content (AvgIpc) is 2.98. The molecular formula is C11H13N7. The molecule has 3 aromatic heterocycles. The summed E-state index contributed by atoms with van der Waals surface area (Å²) in [6.07, 6.45) is 3.48. The molecule has 0 atom stereocenters. The van der Waals surface area contributed by atoms with E-state index < -0.39 is 0 Å². The molecule has 0 radical (unpaired) electrons. The predicted octanol–water partition coefficient (Wildman–Crippen LogP) is 0.741. The van der Waals surface area contributed by atoms with Gasteiger partial charge in [-0.05, 0) is 19.1 Å². The van der Waals surface area contributed by atoms with Crippen LogP contribution >= 0.6 is 0 Å². The molecular weight excluding hydrogens is 230 g/mol. The number of nitrogens with zero attached hydrogens (tertiary/aromatic N) is 6. The normalized spacial score (nSPS) is 10.9. The van der Waals surface area contributed by atoms with Gasteiger partial charge in [0.25, 0.3) is 0 Å². The van der Waals surface area contributed by atoms with E-state index in [-0.39, 0.29) is 0 Å². The lowest BCUT2D eigenvalue weighted by atomic mass is 10.4. The Labute approximate surface area is 103 Å². The van der Waals surface area contributed by atoms with Crippen LogP contribution in [-0.4, -0.2) is 36.1 Å². The largest absolute Gasteiger partial charge is 0.351 e. The van der Waals surface area contributed by atoms with Crippen LogP contribution in [0.4, 0.5) is 5.95 Å². The second kappa shape index (κ2) is 4.44. The molecule has 7 heteroatoms. The van der Waals surface area contributed by atoms with Gasteiger partial charge in [0.2, 0.25) is 5.95 Å². The molecule has 0 unspecified atom stereocenters. The van der Waals surface area contributed by atoms with E-state index >= 15 is 0 Å². The summed E-state index contributed by atoms with van der Waals surface area (Å²) >= 11 is 0. The molecule has 92 valence electrons. The minimum atomic E-state index is 0.629. The highest BCUT2D eigenvalue weighted by Gasteiger charge is 2.03. The average molecular weight is 243 g/mol. The summed E-state index contributed by atoms with van der Waals surface area (Å²) in [5.74, 6) is 0.629. The van der Waals surface area contributed by atoms with Gasteiger partial charge in [-0.2, -0.15) is 4.98 Å². The van der Waals surface area contributed by atoms with Gasteiger partial charge in [0, 0.05) is 18.4 Å². The Bertz CT molecular complexity index is 641. The summed E-state index contributed by atoms with van der Waals surface area (Å²) in [6, 6.07) is 5.90. The highest BCUT2D eigenvalue weighted by atomic mass is 15.4. The molecule has 3 rings (SSSR count). The third-order valence-electron chi connectivity index (χ3n) is 2.64. The van der Waals surface area contributed by atoms with Crippen molar-refractivity contribution in [2.75, 3.05) is 11.9 Å². The smallest absolute Gasteiger partial charge is 0.243 e. The van der Waals surface area contributed by atoms with Crippen molar-refractivity contribution in [3.63, 3.8) is 0 Å². The first kappa shape index (κ1) is 10.7. The van der Waals surface area contributed by atoms with Gasteiger partial charge in [0.15, 0.2) is 5.65 Å². The standard InChI is InChI=1S/C11H13N7/c1-9-3-2-4-10-14-11(15-18(9)10)12-5-7-17-8-6-13-16-17/h2-4,6,8H,5,7H2,1H3,(H,12,15). The van der Waals surface area contributed by atoms with Gasteiger partial charge in [-0.3, -0.25) is 4.68 Å². The van der Waals surface area contributed by atoms with Crippen LogP contribution in [0, 0.1) is 6.92 Å². The van der Waals surface area contributed by atoms with E-state index in [1.807, 2.05) is 35.8 Å². The van der Waals surface area contributed by atoms with Gasteiger partial charge in [-0.1, -0.05) is 11.3 Å². The van der Waals surface area contributed by atoms with Gasteiger partial charge in [0.05, 0.1) is 12.7 Å². The molecule has 0 fully saturated rings. The van der Waals surface area contributed by atoms with E-state index in [1.165, 1.54) is 0 Å². The van der Waals surface area contributed by atoms with Crippen LogP contribution in [0.3, 0.4) is 0 Å². The van der Waals surface area contributed by atoms with E-state index in [0.717, 1.165) is 17.9 Å². The van der Waals surface area contributed by atoms with Gasteiger partial charge in [-0.15, -0.1) is 10.2 Å². The molecule has 7 nitrogen and oxygen atoms in total. The van der Waals surface area contributed by atoms with Crippen molar-refractivity contribution < 1.29 is 0 Å². The van der Waals surface area contributed by atoms with Gasteiger partial charge in [-0.25, -0.2) is 4.52 Å². The molecule has 3 heterocycles. The molecule has 0 amide bonds. The van der Waals surface area contributed by atoms with E-state index in [2.05, 4.69) is 25.7 Å². The highest BCUT2D eigenvalue weighted by molar-refractivity contribution is 5.44. The minimum Gasteiger partial charge on any atom is -0.351 e. The monoisotopic (exact) mass is 243 g/mol. The summed E-state index contributed by atoms with van der Waals surface area (Å²) < 4.78 is 3.58. The minimum absolute atomic E-state index is 0.629. The van der Waals surface area contributed by atoms with Crippen LogP contribution in [0.1, 0.15) is 5.69 Å². The van der Waals surface area contributed by atoms with Crippen molar-refractivity contribution in [1.82, 2.24) is 29.6 Å². The molecule has 0 saturated carbocycles. The Morgan fingerprint density at radius 1 is 1.33 bits per heavy atom. The SMILES string of the molecule is Cc1cccc2nc(NCCn3ccnn3)nn12. The molecule has 0 spiro atoms. The number of nitrogens with one attached hydrogen (secondary N) is 1. The zero-order valence-electron chi connectivity index (χ0n) is 9.98. The Morgan fingerprint density at radius 3 is 3.06 bits per heavy atom. The van der Waals surface area contributed by atoms with Crippen molar-refractivity contribution in [2.45, 2.75) is 13.5 Å². The lowest BCUT2D eigenvalue weighted by Crippen LogP contribution is -2.12. The van der Waals surface area contributed by atoms with Crippen molar-refractivity contribution in [2.24, 2.45) is 0 Å². The van der Waals surface area contributed by atoms with Crippen LogP contribution in [-0.2, 0) is 6.54 Å². The second-order valence-electron chi connectivity index (χ2n) is 3.97. The number of aromatic nitrogens is 6. The van der Waals surface area contributed by atoms with Crippen LogP contribution < -0.4 is 5.32 Å². The molecule has 1 N–H and O–H groups in total. The first-order valence-electron chi connectivity index (χ1n) is 5.73. The molecule has 0 saturated heterocycles. The second-order valence-corrected chi connectivity index (χ2v) is 3.97. The molecule has 18 heavy (non-hydrogen) atoms. The Balaban J connectivity index is 1.69. The number of rotatable bonds is 4. The first-order chi connectivity index (χ1) is 8.83. The van der Waals surface area contributed by atoms with Crippen molar-refractivity contribution in [3.05, 3.63) is 36.3 Å². The van der Waals surface area contributed by atoms with Crippen molar-refractivity contribution >= 4 is 11.6 Å². The van der Waals surface area contributed by atoms with Crippen LogP contribution in [0.5, 0.6) is 0 Å². The summed E-state index contributed by atoms with van der Waals surface area (Å²) in [7, 11) is 0. The Morgan fingerprint density at radius 2 is 2.28 bits per heavy atom. The third kappa shape index (κ3) is 2.02. The van der Waals surface area contributed by atoms with Crippen molar-refractivity contribution in [1.29, 1.82) is 0 Å². The number of fused-ring (bicyclic) bond motifs is 1. The zero-order chi connectivity index (χ0) is 12.4. The van der Waals surface area contributed by atoms with E-state index in [9.17, 15) is 0 Å². The Kier molecular flexibility index (Phi) is 2.64. The van der Waals surface area contributed by atoms with Gasteiger partial charge >= 0.3 is 0 Å². The van der Waals surface area contributed by atoms with Crippen LogP contribution in [0.2, 0.25) is 0 Å². The maximum atomic E-state index is 4.39. The molecule has 0 aliphatic rings. The summed E-state index contributed by atoms with van der Waals surface area (Å²) in [5.41, 5.74) is 1.91. The lowest BCUT2D eigenvalue weighted by molar-refractivity contribution is 0.607. The van der Waals surface area contributed by atoms with Crippen LogP contribution in [0.15, 0.2) is 30.6 Å². The Hall–Kier alpha value is -2.44. The summed E-state index contributed by atoms with van der Waals surface area (Å²) in [6.45, 7) is 3.44. The first-order valence-corrected chi connectivity index (χ1v) is 5.73. The number of pyridine rings is 1. The number of anilines is 1. The molecule has 0 aliphatic heterocycles. The van der Waals surface area contributed by atoms with E-state index in [4.69, 9.17) is 0 Å². The van der Waals surface area contributed by atoms with Gasteiger partial charge in [0.1, 0.15) is 0 Å². The van der Waals surface area contributed by atoms with Crippen molar-refractivity contribution in [3.8, 4) is 0 Å². The molecule has 0 bridgehead atoms.